The second-order valence-electron chi connectivity index (χ2n) is 9.77. The number of halogens is 1. The summed E-state index contributed by atoms with van der Waals surface area (Å²) in [6, 6.07) is 13.8. The molecule has 2 aromatic rings. The number of hydrogen-bond acceptors (Lipinski definition) is 4. The van der Waals surface area contributed by atoms with Gasteiger partial charge in [-0.15, -0.1) is 0 Å². The largest absolute Gasteiger partial charge is 1.00 e. The Labute approximate surface area is 206 Å². The summed E-state index contributed by atoms with van der Waals surface area (Å²) < 4.78 is 10.8. The van der Waals surface area contributed by atoms with Crippen LogP contribution in [0.15, 0.2) is 42.5 Å². The highest BCUT2D eigenvalue weighted by atomic mass is 35.5. The van der Waals surface area contributed by atoms with E-state index in [1.54, 1.807) is 4.90 Å². The lowest BCUT2D eigenvalue weighted by atomic mass is 9.73. The molecule has 1 spiro atoms. The summed E-state index contributed by atoms with van der Waals surface area (Å²) >= 11 is 0. The summed E-state index contributed by atoms with van der Waals surface area (Å²) in [6.07, 6.45) is 3.16. The Morgan fingerprint density at radius 1 is 1.12 bits per heavy atom. The summed E-state index contributed by atoms with van der Waals surface area (Å²) in [4.78, 5) is 29.7. The molecular formula is C26H32ClN3O4. The molecule has 3 N–H and O–H groups in total. The van der Waals surface area contributed by atoms with Gasteiger partial charge in [-0.1, -0.05) is 30.3 Å². The van der Waals surface area contributed by atoms with Crippen molar-refractivity contribution in [3.63, 3.8) is 0 Å². The van der Waals surface area contributed by atoms with Crippen molar-refractivity contribution in [3.8, 4) is 11.5 Å². The molecule has 1 aliphatic carbocycles. The van der Waals surface area contributed by atoms with E-state index in [1.807, 2.05) is 43.3 Å². The fraction of sp³-hybridized carbons (Fsp3) is 0.462. The highest BCUT2D eigenvalue weighted by molar-refractivity contribution is 5.85. The molecule has 2 aromatic carbocycles. The minimum atomic E-state index is -0.349. The number of amides is 2. The monoisotopic (exact) mass is 485 g/mol. The van der Waals surface area contributed by atoms with Crippen molar-refractivity contribution in [1.82, 2.24) is 9.80 Å². The van der Waals surface area contributed by atoms with Crippen LogP contribution in [0.4, 0.5) is 0 Å². The Balaban J connectivity index is 0.00000274. The van der Waals surface area contributed by atoms with Crippen molar-refractivity contribution in [3.05, 3.63) is 59.2 Å². The molecule has 2 atom stereocenters. The number of fused-ring (bicyclic) bond motifs is 3. The van der Waals surface area contributed by atoms with E-state index >= 15 is 0 Å². The normalized spacial score (nSPS) is 20.4. The molecule has 1 fully saturated rings. The van der Waals surface area contributed by atoms with Crippen LogP contribution >= 0.6 is 0 Å². The van der Waals surface area contributed by atoms with Gasteiger partial charge in [-0.05, 0) is 48.1 Å². The topological polar surface area (TPSA) is 86.7 Å². The number of quaternary nitrogens is 1. The molecule has 0 aromatic heterocycles. The number of piperidine rings is 1. The first-order chi connectivity index (χ1) is 15.9. The molecule has 3 aliphatic rings. The van der Waals surface area contributed by atoms with Gasteiger partial charge in [-0.2, -0.15) is 0 Å². The third-order valence-electron chi connectivity index (χ3n) is 7.54. The quantitative estimate of drug-likeness (QED) is 0.584. The van der Waals surface area contributed by atoms with Crippen molar-refractivity contribution < 1.29 is 37.2 Å². The van der Waals surface area contributed by atoms with Gasteiger partial charge >= 0.3 is 0 Å². The number of benzene rings is 2. The van der Waals surface area contributed by atoms with Gasteiger partial charge in [0, 0.05) is 39.0 Å². The molecule has 0 radical (unpaired) electrons. The van der Waals surface area contributed by atoms with Gasteiger partial charge in [0.15, 0.2) is 17.5 Å². The summed E-state index contributed by atoms with van der Waals surface area (Å²) in [5, 5.41) is 0. The van der Waals surface area contributed by atoms with Crippen LogP contribution in [0.25, 0.3) is 0 Å². The van der Waals surface area contributed by atoms with Gasteiger partial charge in [0.05, 0.1) is 5.92 Å². The Morgan fingerprint density at radius 3 is 2.56 bits per heavy atom. The van der Waals surface area contributed by atoms with Crippen molar-refractivity contribution in [2.24, 2.45) is 0 Å². The van der Waals surface area contributed by atoms with E-state index < -0.39 is 0 Å². The molecular weight excluding hydrogens is 454 g/mol. The van der Waals surface area contributed by atoms with Crippen LogP contribution in [-0.2, 0) is 21.4 Å². The summed E-state index contributed by atoms with van der Waals surface area (Å²) in [5.41, 5.74) is 7.62. The lowest BCUT2D eigenvalue weighted by molar-refractivity contribution is -0.405. The smallest absolute Gasteiger partial charge is 0.281 e. The maximum Gasteiger partial charge on any atom is 0.281 e. The van der Waals surface area contributed by atoms with Crippen LogP contribution in [-0.4, -0.2) is 61.6 Å². The summed E-state index contributed by atoms with van der Waals surface area (Å²) in [5.74, 6) is 1.64. The Bertz CT molecular complexity index is 1080. The van der Waals surface area contributed by atoms with Gasteiger partial charge in [0.1, 0.15) is 0 Å². The number of nitrogens with zero attached hydrogens (tertiary/aromatic N) is 2. The number of carbonyl (C=O) groups excluding carboxylic acids is 2. The second kappa shape index (κ2) is 9.47. The summed E-state index contributed by atoms with van der Waals surface area (Å²) in [7, 11) is 3.65. The predicted octanol–water partition coefficient (Wildman–Crippen LogP) is -1.29. The maximum absolute atomic E-state index is 13.2. The van der Waals surface area contributed by atoms with Crippen LogP contribution in [0, 0.1) is 0 Å². The number of carbonyl (C=O) groups is 2. The van der Waals surface area contributed by atoms with E-state index in [9.17, 15) is 9.59 Å². The van der Waals surface area contributed by atoms with Crippen LogP contribution in [0.1, 0.15) is 41.9 Å². The first-order valence-corrected chi connectivity index (χ1v) is 11.7. The number of likely N-dealkylation sites (tertiary alicyclic amines) is 1. The first-order valence-electron chi connectivity index (χ1n) is 11.7. The lowest BCUT2D eigenvalue weighted by Crippen LogP contribution is -3.00. The lowest BCUT2D eigenvalue weighted by Gasteiger charge is -2.40. The molecule has 182 valence electrons. The molecule has 0 saturated carbocycles. The first kappa shape index (κ1) is 24.4. The average molecular weight is 486 g/mol. The Hall–Kier alpha value is -2.77. The van der Waals surface area contributed by atoms with Gasteiger partial charge in [-0.25, -0.2) is 0 Å². The second-order valence-corrected chi connectivity index (χ2v) is 9.77. The molecule has 2 amide bonds. The fourth-order valence-electron chi connectivity index (χ4n) is 5.75. The Morgan fingerprint density at radius 2 is 1.82 bits per heavy atom. The van der Waals surface area contributed by atoms with E-state index in [1.165, 1.54) is 5.56 Å². The maximum atomic E-state index is 13.2. The molecule has 1 saturated heterocycles. The number of hydrogen-bond donors (Lipinski definition) is 1. The van der Waals surface area contributed by atoms with E-state index in [-0.39, 0.29) is 48.4 Å². The minimum absolute atomic E-state index is 0. The van der Waals surface area contributed by atoms with Crippen LogP contribution in [0.5, 0.6) is 11.5 Å². The molecule has 2 heterocycles. The zero-order chi connectivity index (χ0) is 23.2. The molecule has 2 aliphatic heterocycles. The molecule has 7 nitrogen and oxygen atoms in total. The number of likely N-dealkylation sites (N-methyl/N-ethyl adjacent to an activating group) is 1. The number of ether oxygens (including phenoxy) is 2. The Kier molecular flexibility index (Phi) is 6.78. The third-order valence-corrected chi connectivity index (χ3v) is 7.54. The van der Waals surface area contributed by atoms with Crippen LogP contribution in [0.2, 0.25) is 0 Å². The standard InChI is InChI=1S/C26H31N3O4.ClH/c1-28(2)24(30)19-15-26(20-6-4-3-5-18(19)20)9-11-29(12-10-26)25(31)21(27)13-17-7-8-22-23(14-17)33-16-32-22;/h3-8,14,19,21H,9-13,15-16,27H2,1-2H3;1H/t19-,21?;/m1./s1. The zero-order valence-corrected chi connectivity index (χ0v) is 20.5. The van der Waals surface area contributed by atoms with E-state index in [4.69, 9.17) is 9.47 Å². The fourth-order valence-corrected chi connectivity index (χ4v) is 5.75. The predicted molar refractivity (Wildman–Crippen MR) is 123 cm³/mol. The minimum Gasteiger partial charge on any atom is -1.00 e. The highest BCUT2D eigenvalue weighted by Gasteiger charge is 2.48. The van der Waals surface area contributed by atoms with Crippen LogP contribution < -0.4 is 27.6 Å². The SMILES string of the molecule is CN(C)C(=O)[C@@H]1CC2(CCN(C(=O)C([NH3+])Cc3ccc4c(c3)OCO4)CC2)c2ccccc21.[Cl-]. The van der Waals surface area contributed by atoms with E-state index in [0.29, 0.717) is 19.5 Å². The molecule has 0 bridgehead atoms. The molecule has 8 heteroatoms. The molecule has 5 rings (SSSR count). The van der Waals surface area contributed by atoms with Gasteiger partial charge < -0.3 is 37.4 Å². The summed E-state index contributed by atoms with van der Waals surface area (Å²) in [6.45, 7) is 1.64. The van der Waals surface area contributed by atoms with Crippen LogP contribution in [0.3, 0.4) is 0 Å². The number of rotatable bonds is 4. The van der Waals surface area contributed by atoms with E-state index in [0.717, 1.165) is 41.9 Å². The van der Waals surface area contributed by atoms with Crippen molar-refractivity contribution >= 4 is 11.8 Å². The van der Waals surface area contributed by atoms with Gasteiger partial charge in [0.25, 0.3) is 5.91 Å². The zero-order valence-electron chi connectivity index (χ0n) is 19.8. The van der Waals surface area contributed by atoms with Gasteiger partial charge in [0.2, 0.25) is 12.7 Å². The van der Waals surface area contributed by atoms with Crippen molar-refractivity contribution in [2.75, 3.05) is 34.0 Å². The average Bonchev–Trinajstić information content (AvgIpc) is 3.41. The molecule has 34 heavy (non-hydrogen) atoms. The van der Waals surface area contributed by atoms with E-state index in [2.05, 4.69) is 23.9 Å². The third kappa shape index (κ3) is 4.23. The van der Waals surface area contributed by atoms with Crippen molar-refractivity contribution in [1.29, 1.82) is 0 Å². The van der Waals surface area contributed by atoms with Crippen molar-refractivity contribution in [2.45, 2.75) is 43.1 Å². The highest BCUT2D eigenvalue weighted by Crippen LogP contribution is 2.52. The molecule has 1 unspecified atom stereocenters. The van der Waals surface area contributed by atoms with Gasteiger partial charge in [-0.3, -0.25) is 9.59 Å².